The number of para-hydroxylation sites is 2. The minimum Gasteiger partial charge on any atom is -1.00 e. The van der Waals surface area contributed by atoms with Crippen molar-refractivity contribution in [1.29, 1.82) is 0 Å². The summed E-state index contributed by atoms with van der Waals surface area (Å²) < 4.78 is 9.37. The van der Waals surface area contributed by atoms with Crippen molar-refractivity contribution in [3.05, 3.63) is 30.1 Å². The molecule has 0 aliphatic rings. The standard InChI is InChI=1S/C16H23N2O2.BrH/c1-4-6-11-15-17(3)13-9-7-8-10-14(13)18(15)12-16(19)20-5-2;/h7-10H,4-6,11-12H2,1-3H3;1H/q+1;/p-1. The van der Waals surface area contributed by atoms with E-state index in [2.05, 4.69) is 35.2 Å². The lowest BCUT2D eigenvalue weighted by Crippen LogP contribution is -3.00. The number of nitrogens with zero attached hydrogens (tertiary/aromatic N) is 2. The minimum atomic E-state index is -0.174. The molecule has 5 heteroatoms. The van der Waals surface area contributed by atoms with E-state index in [1.807, 2.05) is 19.1 Å². The maximum atomic E-state index is 11.8. The predicted molar refractivity (Wildman–Crippen MR) is 78.4 cm³/mol. The normalized spacial score (nSPS) is 10.4. The second-order valence-corrected chi connectivity index (χ2v) is 4.96. The Balaban J connectivity index is 0.00000220. The van der Waals surface area contributed by atoms with Gasteiger partial charge in [-0.25, -0.2) is 13.9 Å². The van der Waals surface area contributed by atoms with Crippen LogP contribution in [0.2, 0.25) is 0 Å². The SMILES string of the molecule is CCCCc1n(CC(=O)OCC)c2ccccc2[n+]1C.[Br-]. The Morgan fingerprint density at radius 3 is 2.67 bits per heavy atom. The molecule has 0 aliphatic heterocycles. The maximum absolute atomic E-state index is 11.8. The Morgan fingerprint density at radius 2 is 2.00 bits per heavy atom. The summed E-state index contributed by atoms with van der Waals surface area (Å²) in [5.74, 6) is 1.01. The van der Waals surface area contributed by atoms with Crippen LogP contribution in [0.15, 0.2) is 24.3 Å². The van der Waals surface area contributed by atoms with Crippen LogP contribution in [0.5, 0.6) is 0 Å². The second kappa shape index (κ2) is 8.17. The number of aromatic nitrogens is 2. The summed E-state index contributed by atoms with van der Waals surface area (Å²) in [5, 5.41) is 0. The first-order valence-corrected chi connectivity index (χ1v) is 7.30. The fourth-order valence-corrected chi connectivity index (χ4v) is 2.58. The van der Waals surface area contributed by atoms with Gasteiger partial charge in [-0.05, 0) is 25.5 Å². The summed E-state index contributed by atoms with van der Waals surface area (Å²) in [6, 6.07) is 8.19. The van der Waals surface area contributed by atoms with E-state index in [-0.39, 0.29) is 29.5 Å². The van der Waals surface area contributed by atoms with Gasteiger partial charge in [-0.1, -0.05) is 25.5 Å². The summed E-state index contributed by atoms with van der Waals surface area (Å²) in [7, 11) is 2.06. The number of esters is 1. The van der Waals surface area contributed by atoms with Gasteiger partial charge in [-0.15, -0.1) is 0 Å². The van der Waals surface area contributed by atoms with Gasteiger partial charge in [0.05, 0.1) is 13.7 Å². The molecule has 0 unspecified atom stereocenters. The summed E-state index contributed by atoms with van der Waals surface area (Å²) in [6.45, 7) is 4.73. The van der Waals surface area contributed by atoms with Gasteiger partial charge in [0, 0.05) is 6.42 Å². The number of ether oxygens (including phenoxy) is 1. The Kier molecular flexibility index (Phi) is 6.89. The van der Waals surface area contributed by atoms with E-state index >= 15 is 0 Å². The van der Waals surface area contributed by atoms with Gasteiger partial charge in [-0.3, -0.25) is 0 Å². The number of hydrogen-bond acceptors (Lipinski definition) is 2. The van der Waals surface area contributed by atoms with E-state index < -0.39 is 0 Å². The number of aryl methyl sites for hydroxylation is 1. The summed E-state index contributed by atoms with van der Waals surface area (Å²) in [6.07, 6.45) is 3.23. The van der Waals surface area contributed by atoms with Crippen molar-refractivity contribution in [2.24, 2.45) is 7.05 Å². The van der Waals surface area contributed by atoms with Gasteiger partial charge in [-0.2, -0.15) is 0 Å². The van der Waals surface area contributed by atoms with Gasteiger partial charge in [0.1, 0.15) is 0 Å². The molecule has 0 bridgehead atoms. The van der Waals surface area contributed by atoms with Gasteiger partial charge in [0.2, 0.25) is 0 Å². The zero-order chi connectivity index (χ0) is 14.5. The Hall–Kier alpha value is -1.36. The molecule has 0 fully saturated rings. The van der Waals surface area contributed by atoms with Crippen molar-refractivity contribution in [2.45, 2.75) is 39.7 Å². The number of imidazole rings is 1. The molecule has 2 rings (SSSR count). The highest BCUT2D eigenvalue weighted by molar-refractivity contribution is 5.76. The molecule has 4 nitrogen and oxygen atoms in total. The highest BCUT2D eigenvalue weighted by Gasteiger charge is 2.23. The quantitative estimate of drug-likeness (QED) is 0.511. The molecule has 1 aromatic heterocycles. The first kappa shape index (κ1) is 17.7. The van der Waals surface area contributed by atoms with Crippen molar-refractivity contribution < 1.29 is 31.1 Å². The van der Waals surface area contributed by atoms with Gasteiger partial charge in [0.25, 0.3) is 5.82 Å². The lowest BCUT2D eigenvalue weighted by Gasteiger charge is -2.03. The van der Waals surface area contributed by atoms with E-state index in [4.69, 9.17) is 4.74 Å². The zero-order valence-electron chi connectivity index (χ0n) is 12.9. The third-order valence-electron chi connectivity index (χ3n) is 3.58. The van der Waals surface area contributed by atoms with E-state index in [1.165, 1.54) is 5.82 Å². The molecule has 0 atom stereocenters. The number of unbranched alkanes of at least 4 members (excludes halogenated alkanes) is 1. The Labute approximate surface area is 136 Å². The molecule has 116 valence electrons. The molecule has 0 saturated carbocycles. The monoisotopic (exact) mass is 354 g/mol. The van der Waals surface area contributed by atoms with Crippen LogP contribution in [0.4, 0.5) is 0 Å². The molecular weight excluding hydrogens is 332 g/mol. The lowest BCUT2D eigenvalue weighted by atomic mass is 10.2. The minimum absolute atomic E-state index is 0. The van der Waals surface area contributed by atoms with E-state index in [9.17, 15) is 4.79 Å². The topological polar surface area (TPSA) is 35.1 Å². The molecule has 0 aliphatic carbocycles. The summed E-state index contributed by atoms with van der Waals surface area (Å²) in [5.41, 5.74) is 2.25. The smallest absolute Gasteiger partial charge is 0.348 e. The highest BCUT2D eigenvalue weighted by Crippen LogP contribution is 2.15. The van der Waals surface area contributed by atoms with Gasteiger partial charge >= 0.3 is 5.97 Å². The maximum Gasteiger partial charge on any atom is 0.348 e. The third kappa shape index (κ3) is 3.84. The molecule has 0 amide bonds. The van der Waals surface area contributed by atoms with E-state index in [0.29, 0.717) is 6.61 Å². The molecule has 2 aromatic rings. The van der Waals surface area contributed by atoms with Crippen molar-refractivity contribution in [2.75, 3.05) is 6.61 Å². The number of benzene rings is 1. The molecule has 1 aromatic carbocycles. The van der Waals surface area contributed by atoms with Gasteiger partial charge < -0.3 is 21.7 Å². The first-order valence-electron chi connectivity index (χ1n) is 7.30. The second-order valence-electron chi connectivity index (χ2n) is 4.96. The van der Waals surface area contributed by atoms with Crippen molar-refractivity contribution in [3.8, 4) is 0 Å². The van der Waals surface area contributed by atoms with Crippen LogP contribution < -0.4 is 21.5 Å². The van der Waals surface area contributed by atoms with Crippen LogP contribution in [-0.4, -0.2) is 17.1 Å². The Bertz CT molecular complexity index is 608. The van der Waals surface area contributed by atoms with Crippen molar-refractivity contribution in [1.82, 2.24) is 4.57 Å². The lowest BCUT2D eigenvalue weighted by molar-refractivity contribution is -0.654. The largest absolute Gasteiger partial charge is 1.00 e. The van der Waals surface area contributed by atoms with Crippen LogP contribution in [0.25, 0.3) is 11.0 Å². The number of carbonyl (C=O) groups excluding carboxylic acids is 1. The molecule has 0 saturated heterocycles. The zero-order valence-corrected chi connectivity index (χ0v) is 14.5. The van der Waals surface area contributed by atoms with E-state index in [0.717, 1.165) is 30.3 Å². The predicted octanol–water partition coefficient (Wildman–Crippen LogP) is -0.624. The number of rotatable bonds is 6. The molecule has 0 radical (unpaired) electrons. The van der Waals surface area contributed by atoms with Crippen molar-refractivity contribution in [3.63, 3.8) is 0 Å². The van der Waals surface area contributed by atoms with Crippen LogP contribution in [0, 0.1) is 0 Å². The summed E-state index contributed by atoms with van der Waals surface area (Å²) in [4.78, 5) is 11.8. The molecule has 1 heterocycles. The number of fused-ring (bicyclic) bond motifs is 1. The number of halogens is 1. The third-order valence-corrected chi connectivity index (χ3v) is 3.58. The fraction of sp³-hybridized carbons (Fsp3) is 0.500. The first-order chi connectivity index (χ1) is 9.69. The molecule has 0 spiro atoms. The van der Waals surface area contributed by atoms with E-state index in [1.54, 1.807) is 0 Å². The number of hydrogen-bond donors (Lipinski definition) is 0. The average molecular weight is 355 g/mol. The van der Waals surface area contributed by atoms with Crippen LogP contribution in [0.1, 0.15) is 32.5 Å². The highest BCUT2D eigenvalue weighted by atomic mass is 79.9. The fourth-order valence-electron chi connectivity index (χ4n) is 2.58. The average Bonchev–Trinajstić information content (AvgIpc) is 2.71. The van der Waals surface area contributed by atoms with Crippen molar-refractivity contribution >= 4 is 17.0 Å². The van der Waals surface area contributed by atoms with Crippen LogP contribution >= 0.6 is 0 Å². The molecule has 0 N–H and O–H groups in total. The van der Waals surface area contributed by atoms with Crippen LogP contribution in [0.3, 0.4) is 0 Å². The molecular formula is C16H23BrN2O2. The van der Waals surface area contributed by atoms with Gasteiger partial charge in [0.15, 0.2) is 17.6 Å². The number of carbonyl (C=O) groups is 1. The summed E-state index contributed by atoms with van der Waals surface area (Å²) >= 11 is 0. The molecule has 21 heavy (non-hydrogen) atoms. The Morgan fingerprint density at radius 1 is 1.29 bits per heavy atom. The van der Waals surface area contributed by atoms with Crippen LogP contribution in [-0.2, 0) is 29.5 Å².